The summed E-state index contributed by atoms with van der Waals surface area (Å²) in [5.74, 6) is 0.454. The van der Waals surface area contributed by atoms with Crippen LogP contribution in [-0.2, 0) is 23.1 Å². The molecule has 12 heteroatoms. The van der Waals surface area contributed by atoms with E-state index in [0.29, 0.717) is 24.8 Å². The van der Waals surface area contributed by atoms with E-state index >= 15 is 0 Å². The predicted molar refractivity (Wildman–Crippen MR) is 138 cm³/mol. The number of aromatic nitrogens is 5. The highest BCUT2D eigenvalue weighted by atomic mass is 16.6. The van der Waals surface area contributed by atoms with Crippen molar-refractivity contribution in [3.05, 3.63) is 41.7 Å². The number of carbonyl (C=O) groups is 2. The molecule has 1 atom stereocenters. The van der Waals surface area contributed by atoms with Crippen molar-refractivity contribution in [3.63, 3.8) is 0 Å². The fourth-order valence-electron chi connectivity index (χ4n) is 4.16. The summed E-state index contributed by atoms with van der Waals surface area (Å²) in [7, 11) is 3.45. The van der Waals surface area contributed by atoms with Gasteiger partial charge in [0.1, 0.15) is 22.8 Å². The van der Waals surface area contributed by atoms with Crippen LogP contribution in [0.2, 0.25) is 0 Å². The van der Waals surface area contributed by atoms with Gasteiger partial charge < -0.3 is 20.1 Å². The highest BCUT2D eigenvalue weighted by Crippen LogP contribution is 2.30. The van der Waals surface area contributed by atoms with Gasteiger partial charge in [0.15, 0.2) is 5.65 Å². The van der Waals surface area contributed by atoms with E-state index in [9.17, 15) is 9.59 Å². The number of hydrogen-bond acceptors (Lipinski definition) is 8. The Labute approximate surface area is 213 Å². The van der Waals surface area contributed by atoms with Crippen molar-refractivity contribution in [1.82, 2.24) is 29.7 Å². The van der Waals surface area contributed by atoms with Gasteiger partial charge in [-0.05, 0) is 45.4 Å². The summed E-state index contributed by atoms with van der Waals surface area (Å²) >= 11 is 0. The molecule has 4 aromatic rings. The third-order valence-electron chi connectivity index (χ3n) is 5.78. The van der Waals surface area contributed by atoms with E-state index in [2.05, 4.69) is 20.8 Å². The molecule has 1 aliphatic heterocycles. The third kappa shape index (κ3) is 4.92. The average Bonchev–Trinajstić information content (AvgIpc) is 3.39. The first-order valence-electron chi connectivity index (χ1n) is 12.0. The number of nitrogens with one attached hydrogen (secondary N) is 2. The zero-order chi connectivity index (χ0) is 26.5. The Morgan fingerprint density at radius 2 is 2.05 bits per heavy atom. The monoisotopic (exact) mass is 506 g/mol. The van der Waals surface area contributed by atoms with Crippen LogP contribution in [0.1, 0.15) is 43.6 Å². The number of ether oxygens (including phenoxy) is 2. The van der Waals surface area contributed by atoms with Gasteiger partial charge in [0.05, 0.1) is 30.6 Å². The SMILES string of the molecule is C[C@@H]1COCc2cc(c3cn(C)nc3c2)Nc2cc(N(C)C(=O)OC(C)(C)C)n3ncc(c3n2)C(=O)N1. The van der Waals surface area contributed by atoms with Gasteiger partial charge >= 0.3 is 6.09 Å². The summed E-state index contributed by atoms with van der Waals surface area (Å²) in [5, 5.41) is 16.1. The van der Waals surface area contributed by atoms with Crippen molar-refractivity contribution >= 4 is 45.9 Å². The molecule has 12 nitrogen and oxygen atoms in total. The number of fused-ring (bicyclic) bond motifs is 5. The molecule has 194 valence electrons. The van der Waals surface area contributed by atoms with Crippen molar-refractivity contribution in [2.45, 2.75) is 45.9 Å². The molecule has 1 aromatic carbocycles. The second-order valence-corrected chi connectivity index (χ2v) is 10.2. The van der Waals surface area contributed by atoms with Crippen LogP contribution in [0.5, 0.6) is 0 Å². The van der Waals surface area contributed by atoms with E-state index in [0.717, 1.165) is 22.2 Å². The van der Waals surface area contributed by atoms with Crippen molar-refractivity contribution in [2.75, 3.05) is 23.9 Å². The number of amides is 2. The van der Waals surface area contributed by atoms with Crippen LogP contribution in [0.25, 0.3) is 16.6 Å². The molecule has 1 aliphatic rings. The maximum absolute atomic E-state index is 13.1. The molecule has 5 rings (SSSR count). The number of carbonyl (C=O) groups excluding carboxylic acids is 2. The molecule has 4 bridgehead atoms. The van der Waals surface area contributed by atoms with E-state index < -0.39 is 11.7 Å². The minimum absolute atomic E-state index is 0.256. The predicted octanol–water partition coefficient (Wildman–Crippen LogP) is 3.38. The Bertz CT molecular complexity index is 1520. The lowest BCUT2D eigenvalue weighted by molar-refractivity contribution is 0.0587. The maximum atomic E-state index is 13.1. The van der Waals surface area contributed by atoms with Crippen LogP contribution in [0.3, 0.4) is 0 Å². The van der Waals surface area contributed by atoms with Gasteiger partial charge in [0, 0.05) is 37.8 Å². The van der Waals surface area contributed by atoms with Crippen LogP contribution < -0.4 is 15.5 Å². The molecule has 2 N–H and O–H groups in total. The Hall–Kier alpha value is -4.19. The number of aryl methyl sites for hydroxylation is 1. The second kappa shape index (κ2) is 9.04. The van der Waals surface area contributed by atoms with Crippen LogP contribution in [0.4, 0.5) is 22.1 Å². The largest absolute Gasteiger partial charge is 0.443 e. The highest BCUT2D eigenvalue weighted by Gasteiger charge is 2.26. The van der Waals surface area contributed by atoms with Gasteiger partial charge in [-0.15, -0.1) is 0 Å². The van der Waals surface area contributed by atoms with Crippen LogP contribution in [-0.4, -0.2) is 61.7 Å². The van der Waals surface area contributed by atoms with Crippen molar-refractivity contribution in [2.24, 2.45) is 7.05 Å². The normalized spacial score (nSPS) is 16.4. The van der Waals surface area contributed by atoms with E-state index in [4.69, 9.17) is 14.5 Å². The van der Waals surface area contributed by atoms with E-state index in [1.807, 2.05) is 32.3 Å². The van der Waals surface area contributed by atoms with E-state index in [1.54, 1.807) is 38.6 Å². The van der Waals surface area contributed by atoms with Gasteiger partial charge in [0.25, 0.3) is 5.91 Å². The molecule has 0 saturated heterocycles. The number of hydrogen-bond donors (Lipinski definition) is 2. The summed E-state index contributed by atoms with van der Waals surface area (Å²) in [4.78, 5) is 32.1. The fraction of sp³-hybridized carbons (Fsp3) is 0.400. The quantitative estimate of drug-likeness (QED) is 0.402. The molecule has 2 amide bonds. The minimum Gasteiger partial charge on any atom is -0.443 e. The summed E-state index contributed by atoms with van der Waals surface area (Å²) in [6, 6.07) is 5.39. The fourth-order valence-corrected chi connectivity index (χ4v) is 4.16. The smallest absolute Gasteiger partial charge is 0.415 e. The number of benzene rings is 1. The molecule has 0 unspecified atom stereocenters. The second-order valence-electron chi connectivity index (χ2n) is 10.2. The Balaban J connectivity index is 1.69. The lowest BCUT2D eigenvalue weighted by Gasteiger charge is -2.25. The van der Waals surface area contributed by atoms with Crippen molar-refractivity contribution in [1.29, 1.82) is 0 Å². The molecule has 0 radical (unpaired) electrons. The zero-order valence-corrected chi connectivity index (χ0v) is 21.7. The highest BCUT2D eigenvalue weighted by molar-refractivity contribution is 6.01. The maximum Gasteiger partial charge on any atom is 0.415 e. The molecule has 0 spiro atoms. The number of anilines is 3. The molecule has 0 aliphatic carbocycles. The van der Waals surface area contributed by atoms with Crippen LogP contribution >= 0.6 is 0 Å². The van der Waals surface area contributed by atoms with Gasteiger partial charge in [-0.2, -0.15) is 14.7 Å². The topological polar surface area (TPSA) is 128 Å². The number of rotatable bonds is 1. The van der Waals surface area contributed by atoms with Crippen LogP contribution in [0.15, 0.2) is 30.6 Å². The lowest BCUT2D eigenvalue weighted by atomic mass is 10.1. The Kier molecular flexibility index (Phi) is 5.98. The average molecular weight is 507 g/mol. The van der Waals surface area contributed by atoms with Gasteiger partial charge in [-0.1, -0.05) is 0 Å². The molecular formula is C25H30N8O4. The van der Waals surface area contributed by atoms with Gasteiger partial charge in [-0.25, -0.2) is 9.78 Å². The number of nitrogens with zero attached hydrogens (tertiary/aromatic N) is 6. The Morgan fingerprint density at radius 3 is 2.81 bits per heavy atom. The van der Waals surface area contributed by atoms with E-state index in [-0.39, 0.29) is 23.2 Å². The first-order valence-corrected chi connectivity index (χ1v) is 12.0. The first-order chi connectivity index (χ1) is 17.5. The van der Waals surface area contributed by atoms with E-state index in [1.165, 1.54) is 15.6 Å². The van der Waals surface area contributed by atoms with Crippen molar-refractivity contribution in [3.8, 4) is 0 Å². The molecule has 0 saturated carbocycles. The molecule has 4 heterocycles. The van der Waals surface area contributed by atoms with Gasteiger partial charge in [-0.3, -0.25) is 14.4 Å². The Morgan fingerprint density at radius 1 is 1.27 bits per heavy atom. The molecular weight excluding hydrogens is 476 g/mol. The zero-order valence-electron chi connectivity index (χ0n) is 21.7. The summed E-state index contributed by atoms with van der Waals surface area (Å²) in [6.07, 6.45) is 2.79. The van der Waals surface area contributed by atoms with Crippen LogP contribution in [0, 0.1) is 0 Å². The molecule has 37 heavy (non-hydrogen) atoms. The summed E-state index contributed by atoms with van der Waals surface area (Å²) < 4.78 is 14.6. The third-order valence-corrected chi connectivity index (χ3v) is 5.78. The lowest BCUT2D eigenvalue weighted by Crippen LogP contribution is -2.36. The molecule has 3 aromatic heterocycles. The first kappa shape index (κ1) is 24.5. The van der Waals surface area contributed by atoms with Gasteiger partial charge in [0.2, 0.25) is 0 Å². The molecule has 0 fully saturated rings. The summed E-state index contributed by atoms with van der Waals surface area (Å²) in [5.41, 5.74) is 2.36. The summed E-state index contributed by atoms with van der Waals surface area (Å²) in [6.45, 7) is 7.92. The minimum atomic E-state index is -0.688. The van der Waals surface area contributed by atoms with Crippen molar-refractivity contribution < 1.29 is 19.1 Å². The standard InChI is InChI=1S/C25H30N8O4/c1-14-12-36-13-15-7-18(17-11-31(5)30-19(17)8-15)28-20-9-21(32(6)24(35)37-25(2,3)4)33-22(29-20)16(10-26-33)23(34)27-14/h7-11,14H,12-13H2,1-6H3,(H,27,34)(H,28,29)/t14-/m1/s1.